The molecule has 2 bridgehead atoms. The van der Waals surface area contributed by atoms with Crippen molar-refractivity contribution < 1.29 is 9.53 Å². The number of carbonyl (C=O) groups is 1. The molecule has 3 aliphatic heterocycles. The molecule has 0 aliphatic carbocycles. The van der Waals surface area contributed by atoms with Gasteiger partial charge in [-0.1, -0.05) is 18.6 Å². The largest absolute Gasteiger partial charge is 0.370 e. The highest BCUT2D eigenvalue weighted by Gasteiger charge is 2.62. The van der Waals surface area contributed by atoms with Crippen LogP contribution in [-0.4, -0.2) is 53.7 Å². The summed E-state index contributed by atoms with van der Waals surface area (Å²) in [5.74, 6) is 0.927. The fourth-order valence-electron chi connectivity index (χ4n) is 5.14. The van der Waals surface area contributed by atoms with Crippen LogP contribution in [0.2, 0.25) is 0 Å². The predicted octanol–water partition coefficient (Wildman–Crippen LogP) is 3.41. The molecule has 1 N–H and O–H groups in total. The summed E-state index contributed by atoms with van der Waals surface area (Å²) in [5, 5.41) is 5.90. The lowest BCUT2D eigenvalue weighted by atomic mass is 9.73. The Morgan fingerprint density at radius 3 is 3.15 bits per heavy atom. The Balaban J connectivity index is 1.34. The second kappa shape index (κ2) is 7.64. The van der Waals surface area contributed by atoms with Crippen molar-refractivity contribution in [2.24, 2.45) is 11.8 Å². The van der Waals surface area contributed by atoms with Crippen LogP contribution in [0.5, 0.6) is 0 Å². The summed E-state index contributed by atoms with van der Waals surface area (Å²) in [6.45, 7) is 10.3. The van der Waals surface area contributed by atoms with Crippen LogP contribution in [0.25, 0.3) is 0 Å². The Labute approximate surface area is 166 Å². The van der Waals surface area contributed by atoms with Crippen LogP contribution >= 0.6 is 11.3 Å². The zero-order valence-electron chi connectivity index (χ0n) is 16.7. The van der Waals surface area contributed by atoms with Gasteiger partial charge in [-0.05, 0) is 39.5 Å². The number of aryl methyl sites for hydroxylation is 1. The predicted molar refractivity (Wildman–Crippen MR) is 108 cm³/mol. The molecule has 1 amide bonds. The highest BCUT2D eigenvalue weighted by Crippen LogP contribution is 2.54. The van der Waals surface area contributed by atoms with Crippen LogP contribution in [-0.2, 0) is 4.74 Å². The number of likely N-dealkylation sites (tertiary alicyclic amines) is 1. The van der Waals surface area contributed by atoms with Gasteiger partial charge in [0.05, 0.1) is 16.7 Å². The number of allylic oxidation sites excluding steroid dienone is 1. The van der Waals surface area contributed by atoms with Gasteiger partial charge in [-0.15, -0.1) is 11.3 Å². The van der Waals surface area contributed by atoms with E-state index in [2.05, 4.69) is 35.1 Å². The summed E-state index contributed by atoms with van der Waals surface area (Å²) in [4.78, 5) is 19.3. The molecule has 5 nitrogen and oxygen atoms in total. The third-order valence-electron chi connectivity index (χ3n) is 6.70. The van der Waals surface area contributed by atoms with Gasteiger partial charge in [0.25, 0.3) is 5.91 Å². The van der Waals surface area contributed by atoms with Crippen molar-refractivity contribution in [2.45, 2.75) is 58.2 Å². The molecule has 1 spiro atoms. The number of fused-ring (bicyclic) bond motifs is 1. The third-order valence-corrected chi connectivity index (χ3v) is 7.47. The Kier molecular flexibility index (Phi) is 5.41. The highest BCUT2D eigenvalue weighted by molar-refractivity contribution is 7.09. The molecule has 3 saturated heterocycles. The van der Waals surface area contributed by atoms with Gasteiger partial charge >= 0.3 is 0 Å². The van der Waals surface area contributed by atoms with E-state index in [1.165, 1.54) is 23.3 Å². The molecule has 4 rings (SSSR count). The van der Waals surface area contributed by atoms with Crippen molar-refractivity contribution in [1.29, 1.82) is 0 Å². The molecule has 1 aromatic heterocycles. The minimum atomic E-state index is -0.0498. The van der Waals surface area contributed by atoms with Crippen LogP contribution in [0.1, 0.15) is 55.0 Å². The lowest BCUT2D eigenvalue weighted by Crippen LogP contribution is -2.42. The Hall–Kier alpha value is -1.24. The van der Waals surface area contributed by atoms with Crippen LogP contribution in [0.15, 0.2) is 17.0 Å². The van der Waals surface area contributed by atoms with Gasteiger partial charge in [-0.3, -0.25) is 9.69 Å². The first kappa shape index (κ1) is 19.1. The summed E-state index contributed by atoms with van der Waals surface area (Å²) < 4.78 is 6.50. The SMILES string of the molecule is CCC(C)=CCCN1C[C@@H]2[C@H](CNC(=O)c3csc(C)n3)[C@H]3CC[C@]2(C1)O3. The molecule has 1 aromatic rings. The fourth-order valence-corrected chi connectivity index (χ4v) is 5.73. The average molecular weight is 390 g/mol. The summed E-state index contributed by atoms with van der Waals surface area (Å²) >= 11 is 1.52. The van der Waals surface area contributed by atoms with E-state index in [1.54, 1.807) is 0 Å². The number of aromatic nitrogens is 1. The third kappa shape index (κ3) is 3.71. The van der Waals surface area contributed by atoms with E-state index in [-0.39, 0.29) is 11.5 Å². The monoisotopic (exact) mass is 389 g/mol. The van der Waals surface area contributed by atoms with Crippen molar-refractivity contribution in [1.82, 2.24) is 15.2 Å². The van der Waals surface area contributed by atoms with E-state index in [0.29, 0.717) is 30.2 Å². The number of thiazole rings is 1. The lowest BCUT2D eigenvalue weighted by molar-refractivity contribution is 0.00290. The Bertz CT molecular complexity index is 731. The smallest absolute Gasteiger partial charge is 0.270 e. The minimum absolute atomic E-state index is 0.0425. The molecule has 0 unspecified atom stereocenters. The molecule has 0 radical (unpaired) electrons. The van der Waals surface area contributed by atoms with Gasteiger partial charge in [-0.25, -0.2) is 4.98 Å². The number of rotatable bonds is 7. The maximum atomic E-state index is 12.4. The van der Waals surface area contributed by atoms with Crippen LogP contribution in [0.4, 0.5) is 0 Å². The van der Waals surface area contributed by atoms with Gasteiger partial charge in [0, 0.05) is 43.4 Å². The topological polar surface area (TPSA) is 54.5 Å². The number of hydrogen-bond donors (Lipinski definition) is 1. The van der Waals surface area contributed by atoms with E-state index < -0.39 is 0 Å². The van der Waals surface area contributed by atoms with Crippen molar-refractivity contribution >= 4 is 17.2 Å². The van der Waals surface area contributed by atoms with Gasteiger partial charge in [0.15, 0.2) is 0 Å². The van der Waals surface area contributed by atoms with Gasteiger partial charge in [0.1, 0.15) is 5.69 Å². The van der Waals surface area contributed by atoms with E-state index >= 15 is 0 Å². The lowest BCUT2D eigenvalue weighted by Gasteiger charge is -2.29. The van der Waals surface area contributed by atoms with Crippen molar-refractivity contribution in [3.05, 3.63) is 27.7 Å². The summed E-state index contributed by atoms with van der Waals surface area (Å²) in [7, 11) is 0. The summed E-state index contributed by atoms with van der Waals surface area (Å²) in [5.41, 5.74) is 2.06. The molecule has 3 aliphatic rings. The van der Waals surface area contributed by atoms with Crippen molar-refractivity contribution in [3.8, 4) is 0 Å². The number of amides is 1. The molecular weight excluding hydrogens is 358 g/mol. The fraction of sp³-hybridized carbons (Fsp3) is 0.714. The second-order valence-electron chi connectivity index (χ2n) is 8.42. The maximum Gasteiger partial charge on any atom is 0.270 e. The zero-order valence-corrected chi connectivity index (χ0v) is 17.5. The quantitative estimate of drug-likeness (QED) is 0.726. The molecule has 3 fully saturated rings. The van der Waals surface area contributed by atoms with E-state index in [9.17, 15) is 4.79 Å². The molecule has 148 valence electrons. The number of hydrogen-bond acceptors (Lipinski definition) is 5. The van der Waals surface area contributed by atoms with E-state index in [0.717, 1.165) is 43.9 Å². The first-order chi connectivity index (χ1) is 13.0. The Morgan fingerprint density at radius 1 is 1.56 bits per heavy atom. The first-order valence-electron chi connectivity index (χ1n) is 10.3. The van der Waals surface area contributed by atoms with E-state index in [4.69, 9.17) is 4.74 Å². The van der Waals surface area contributed by atoms with E-state index in [1.807, 2.05) is 12.3 Å². The van der Waals surface area contributed by atoms with Crippen molar-refractivity contribution in [2.75, 3.05) is 26.2 Å². The number of nitrogens with zero attached hydrogens (tertiary/aromatic N) is 2. The first-order valence-corrected chi connectivity index (χ1v) is 11.1. The molecule has 27 heavy (non-hydrogen) atoms. The van der Waals surface area contributed by atoms with Gasteiger partial charge in [0.2, 0.25) is 0 Å². The van der Waals surface area contributed by atoms with Crippen LogP contribution < -0.4 is 5.32 Å². The molecule has 4 heterocycles. The normalized spacial score (nSPS) is 32.9. The number of nitrogens with one attached hydrogen (secondary N) is 1. The molecular formula is C21H31N3O2S. The van der Waals surface area contributed by atoms with Crippen LogP contribution in [0, 0.1) is 18.8 Å². The molecule has 0 saturated carbocycles. The number of carbonyl (C=O) groups excluding carboxylic acids is 1. The number of ether oxygens (including phenoxy) is 1. The van der Waals surface area contributed by atoms with Gasteiger partial charge < -0.3 is 10.1 Å². The minimum Gasteiger partial charge on any atom is -0.370 e. The molecule has 6 heteroatoms. The average Bonchev–Trinajstić information content (AvgIpc) is 3.39. The standard InChI is InChI=1S/C21H31N3O2S/c1-4-14(2)6-5-9-24-11-17-16(19-7-8-21(17,13-24)26-19)10-22-20(25)18-12-27-15(3)23-18/h6,12,16-17,19H,4-5,7-11,13H2,1-3H3,(H,22,25)/t16-,17+,19+,21+/m0/s1. The van der Waals surface area contributed by atoms with Gasteiger partial charge in [-0.2, -0.15) is 0 Å². The maximum absolute atomic E-state index is 12.4. The van der Waals surface area contributed by atoms with Crippen molar-refractivity contribution in [3.63, 3.8) is 0 Å². The highest BCUT2D eigenvalue weighted by atomic mass is 32.1. The zero-order chi connectivity index (χ0) is 19.0. The van der Waals surface area contributed by atoms with Crippen LogP contribution in [0.3, 0.4) is 0 Å². The second-order valence-corrected chi connectivity index (χ2v) is 9.48. The Morgan fingerprint density at radius 2 is 2.41 bits per heavy atom. The summed E-state index contributed by atoms with van der Waals surface area (Å²) in [6, 6.07) is 0. The molecule has 0 aromatic carbocycles. The molecule has 4 atom stereocenters. The summed E-state index contributed by atoms with van der Waals surface area (Å²) in [6.07, 6.45) is 7.26.